The zero-order chi connectivity index (χ0) is 16.2. The van der Waals surface area contributed by atoms with Crippen molar-refractivity contribution in [2.24, 2.45) is 11.7 Å². The molecule has 9 heteroatoms. The topological polar surface area (TPSA) is 104 Å². The molecular formula is C16H27Cl2N5O2. The van der Waals surface area contributed by atoms with Gasteiger partial charge in [-0.05, 0) is 38.2 Å². The number of carbonyl (C=O) groups excluding carboxylic acids is 1. The van der Waals surface area contributed by atoms with E-state index in [1.54, 1.807) is 18.5 Å². The number of hydrogen-bond donors (Lipinski definition) is 3. The standard InChI is InChI=1S/C16H25N5O2.2ClH/c17-13-3-2-11(10-14(13)22)15(23)20-12-4-8-21(9-5-12)16-18-6-1-7-19-16;;/h1,6-7,11-14,22H,2-5,8-10,17H2,(H,20,23);2*1H/t11-,13-,14-;;/m0../s1. The van der Waals surface area contributed by atoms with Gasteiger partial charge < -0.3 is 21.1 Å². The minimum atomic E-state index is -0.559. The summed E-state index contributed by atoms with van der Waals surface area (Å²) in [7, 11) is 0. The van der Waals surface area contributed by atoms with Crippen LogP contribution in [0.4, 0.5) is 5.95 Å². The van der Waals surface area contributed by atoms with E-state index in [9.17, 15) is 9.90 Å². The van der Waals surface area contributed by atoms with Crippen molar-refractivity contribution in [3.8, 4) is 0 Å². The fourth-order valence-electron chi connectivity index (χ4n) is 3.41. The first kappa shape index (κ1) is 21.9. The first-order valence-electron chi connectivity index (χ1n) is 8.39. The Labute approximate surface area is 160 Å². The molecule has 3 atom stereocenters. The van der Waals surface area contributed by atoms with Gasteiger partial charge in [0.15, 0.2) is 0 Å². The quantitative estimate of drug-likeness (QED) is 0.706. The van der Waals surface area contributed by atoms with Crippen molar-refractivity contribution in [1.29, 1.82) is 0 Å². The van der Waals surface area contributed by atoms with Crippen molar-refractivity contribution in [1.82, 2.24) is 15.3 Å². The number of piperidine rings is 1. The maximum atomic E-state index is 12.4. The van der Waals surface area contributed by atoms with Crippen LogP contribution in [0.15, 0.2) is 18.5 Å². The minimum Gasteiger partial charge on any atom is -0.391 e. The van der Waals surface area contributed by atoms with Gasteiger partial charge in [0, 0.05) is 43.5 Å². The van der Waals surface area contributed by atoms with Gasteiger partial charge in [-0.3, -0.25) is 4.79 Å². The van der Waals surface area contributed by atoms with Gasteiger partial charge in [-0.2, -0.15) is 0 Å². The zero-order valence-corrected chi connectivity index (χ0v) is 15.7. The summed E-state index contributed by atoms with van der Waals surface area (Å²) >= 11 is 0. The molecule has 142 valence electrons. The smallest absolute Gasteiger partial charge is 0.225 e. The van der Waals surface area contributed by atoms with Crippen molar-refractivity contribution in [2.75, 3.05) is 18.0 Å². The van der Waals surface area contributed by atoms with Crippen molar-refractivity contribution < 1.29 is 9.90 Å². The van der Waals surface area contributed by atoms with Crippen molar-refractivity contribution in [2.45, 2.75) is 50.3 Å². The Kier molecular flexibility index (Phi) is 8.85. The lowest BCUT2D eigenvalue weighted by Crippen LogP contribution is -2.49. The largest absolute Gasteiger partial charge is 0.391 e. The van der Waals surface area contributed by atoms with E-state index in [0.29, 0.717) is 12.8 Å². The van der Waals surface area contributed by atoms with Crippen LogP contribution in [0, 0.1) is 5.92 Å². The third kappa shape index (κ3) is 5.67. The number of amides is 1. The molecule has 1 saturated carbocycles. The molecule has 4 N–H and O–H groups in total. The van der Waals surface area contributed by atoms with Gasteiger partial charge in [0.1, 0.15) is 0 Å². The molecule has 2 heterocycles. The minimum absolute atomic E-state index is 0. The van der Waals surface area contributed by atoms with Crippen LogP contribution < -0.4 is 16.0 Å². The molecule has 1 amide bonds. The number of nitrogens with zero attached hydrogens (tertiary/aromatic N) is 3. The molecule has 1 aromatic heterocycles. The molecule has 0 unspecified atom stereocenters. The first-order chi connectivity index (χ1) is 11.1. The van der Waals surface area contributed by atoms with Crippen LogP contribution in [0.25, 0.3) is 0 Å². The molecular weight excluding hydrogens is 365 g/mol. The second-order valence-corrected chi connectivity index (χ2v) is 6.56. The van der Waals surface area contributed by atoms with Crippen LogP contribution in [-0.2, 0) is 4.79 Å². The number of carbonyl (C=O) groups is 1. The second kappa shape index (κ2) is 10.1. The lowest BCUT2D eigenvalue weighted by molar-refractivity contribution is -0.128. The molecule has 1 aliphatic carbocycles. The van der Waals surface area contributed by atoms with Gasteiger partial charge in [-0.25, -0.2) is 9.97 Å². The fraction of sp³-hybridized carbons (Fsp3) is 0.688. The third-order valence-electron chi connectivity index (χ3n) is 4.92. The normalized spacial score (nSPS) is 27.0. The monoisotopic (exact) mass is 391 g/mol. The second-order valence-electron chi connectivity index (χ2n) is 6.56. The molecule has 25 heavy (non-hydrogen) atoms. The Hall–Kier alpha value is -1.15. The maximum absolute atomic E-state index is 12.4. The van der Waals surface area contributed by atoms with Crippen molar-refractivity contribution in [3.05, 3.63) is 18.5 Å². The average Bonchev–Trinajstić information content (AvgIpc) is 2.59. The summed E-state index contributed by atoms with van der Waals surface area (Å²) < 4.78 is 0. The van der Waals surface area contributed by atoms with E-state index in [-0.39, 0.29) is 48.7 Å². The van der Waals surface area contributed by atoms with Crippen LogP contribution in [0.3, 0.4) is 0 Å². The molecule has 3 rings (SSSR count). The number of nitrogens with one attached hydrogen (secondary N) is 1. The molecule has 1 aliphatic heterocycles. The molecule has 0 bridgehead atoms. The molecule has 2 fully saturated rings. The highest BCUT2D eigenvalue weighted by atomic mass is 35.5. The zero-order valence-electron chi connectivity index (χ0n) is 14.1. The summed E-state index contributed by atoms with van der Waals surface area (Å²) in [5.74, 6) is 0.701. The van der Waals surface area contributed by atoms with Crippen LogP contribution >= 0.6 is 24.8 Å². The maximum Gasteiger partial charge on any atom is 0.225 e. The van der Waals surface area contributed by atoms with Crippen LogP contribution in [0.2, 0.25) is 0 Å². The van der Waals surface area contributed by atoms with Crippen molar-refractivity contribution in [3.63, 3.8) is 0 Å². The van der Waals surface area contributed by atoms with Crippen LogP contribution in [0.5, 0.6) is 0 Å². The predicted octanol–water partition coefficient (Wildman–Crippen LogP) is 0.893. The first-order valence-corrected chi connectivity index (χ1v) is 8.39. The average molecular weight is 392 g/mol. The van der Waals surface area contributed by atoms with E-state index in [2.05, 4.69) is 20.2 Å². The van der Waals surface area contributed by atoms with Gasteiger partial charge in [0.2, 0.25) is 11.9 Å². The Morgan fingerprint density at radius 3 is 2.40 bits per heavy atom. The SMILES string of the molecule is Cl.Cl.N[C@H]1CC[C@H](C(=O)NC2CCN(c3ncccn3)CC2)C[C@@H]1O. The van der Waals surface area contributed by atoms with E-state index in [1.807, 2.05) is 0 Å². The molecule has 0 radical (unpaired) electrons. The number of anilines is 1. The highest BCUT2D eigenvalue weighted by molar-refractivity contribution is 5.85. The third-order valence-corrected chi connectivity index (χ3v) is 4.92. The lowest BCUT2D eigenvalue weighted by Gasteiger charge is -2.34. The molecule has 1 aromatic rings. The predicted molar refractivity (Wildman–Crippen MR) is 101 cm³/mol. The highest BCUT2D eigenvalue weighted by Crippen LogP contribution is 2.24. The Morgan fingerprint density at radius 2 is 1.80 bits per heavy atom. The number of rotatable bonds is 3. The summed E-state index contributed by atoms with van der Waals surface area (Å²) in [6, 6.07) is 1.81. The number of hydrogen-bond acceptors (Lipinski definition) is 6. The van der Waals surface area contributed by atoms with Crippen LogP contribution in [0.1, 0.15) is 32.1 Å². The number of aliphatic hydroxyl groups excluding tert-OH is 1. The Morgan fingerprint density at radius 1 is 1.16 bits per heavy atom. The fourth-order valence-corrected chi connectivity index (χ4v) is 3.41. The number of nitrogens with two attached hydrogens (primary N) is 1. The molecule has 0 spiro atoms. The van der Waals surface area contributed by atoms with Crippen LogP contribution in [-0.4, -0.2) is 52.3 Å². The number of halogens is 2. The highest BCUT2D eigenvalue weighted by Gasteiger charge is 2.32. The summed E-state index contributed by atoms with van der Waals surface area (Å²) in [5.41, 5.74) is 5.80. The molecule has 1 saturated heterocycles. The summed E-state index contributed by atoms with van der Waals surface area (Å²) in [6.07, 6.45) is 6.66. The van der Waals surface area contributed by atoms with Gasteiger partial charge >= 0.3 is 0 Å². The molecule has 0 aromatic carbocycles. The Balaban J connectivity index is 0.00000156. The Bertz CT molecular complexity index is 529. The van der Waals surface area contributed by atoms with Crippen molar-refractivity contribution >= 4 is 36.7 Å². The van der Waals surface area contributed by atoms with E-state index in [0.717, 1.165) is 38.3 Å². The van der Waals surface area contributed by atoms with E-state index in [4.69, 9.17) is 5.73 Å². The van der Waals surface area contributed by atoms with E-state index < -0.39 is 6.10 Å². The summed E-state index contributed by atoms with van der Waals surface area (Å²) in [4.78, 5) is 23.0. The van der Waals surface area contributed by atoms with E-state index >= 15 is 0 Å². The van der Waals surface area contributed by atoms with Gasteiger partial charge in [-0.1, -0.05) is 0 Å². The lowest BCUT2D eigenvalue weighted by atomic mass is 9.83. The molecule has 2 aliphatic rings. The van der Waals surface area contributed by atoms with Gasteiger partial charge in [0.05, 0.1) is 6.10 Å². The van der Waals surface area contributed by atoms with Gasteiger partial charge in [0.25, 0.3) is 0 Å². The number of aliphatic hydroxyl groups is 1. The van der Waals surface area contributed by atoms with Gasteiger partial charge in [-0.15, -0.1) is 24.8 Å². The summed E-state index contributed by atoms with van der Waals surface area (Å²) in [6.45, 7) is 1.68. The number of aromatic nitrogens is 2. The molecule has 7 nitrogen and oxygen atoms in total. The summed E-state index contributed by atoms with van der Waals surface area (Å²) in [5, 5.41) is 13.0. The van der Waals surface area contributed by atoms with E-state index in [1.165, 1.54) is 0 Å².